The van der Waals surface area contributed by atoms with Gasteiger partial charge in [-0.25, -0.2) is 4.98 Å². The third kappa shape index (κ3) is 4.98. The lowest BCUT2D eigenvalue weighted by molar-refractivity contribution is -0.129. The van der Waals surface area contributed by atoms with Crippen molar-refractivity contribution in [2.24, 2.45) is 5.73 Å². The van der Waals surface area contributed by atoms with Crippen LogP contribution in [0.2, 0.25) is 0 Å². The van der Waals surface area contributed by atoms with Crippen LogP contribution in [-0.4, -0.2) is 43.7 Å². The third-order valence-electron chi connectivity index (χ3n) is 3.57. The first-order valence-electron chi connectivity index (χ1n) is 6.79. The number of pyridine rings is 1. The summed E-state index contributed by atoms with van der Waals surface area (Å²) in [7, 11) is 3.85. The standard InChI is InChI=1S/C14H22N4O2.2ClH/c1-18(2)12-11(4-3-7-16-12)10-17-13(19)14(15)5-8-20-9-6-14;;/h3-4,7H,5-6,8-10,15H2,1-2H3,(H,17,19);2*1H. The largest absolute Gasteiger partial charge is 0.381 e. The summed E-state index contributed by atoms with van der Waals surface area (Å²) in [5.41, 5.74) is 6.31. The minimum atomic E-state index is -0.807. The first-order chi connectivity index (χ1) is 9.53. The summed E-state index contributed by atoms with van der Waals surface area (Å²) < 4.78 is 5.25. The molecule has 1 aromatic rings. The Morgan fingerprint density at radius 3 is 2.64 bits per heavy atom. The van der Waals surface area contributed by atoms with Crippen molar-refractivity contribution in [3.63, 3.8) is 0 Å². The van der Waals surface area contributed by atoms with Crippen molar-refractivity contribution in [1.82, 2.24) is 10.3 Å². The van der Waals surface area contributed by atoms with Crippen LogP contribution in [0.1, 0.15) is 18.4 Å². The summed E-state index contributed by atoms with van der Waals surface area (Å²) in [5.74, 6) is 0.736. The van der Waals surface area contributed by atoms with Crippen molar-refractivity contribution in [3.8, 4) is 0 Å². The maximum atomic E-state index is 12.2. The molecular formula is C14H24Cl2N4O2. The number of nitrogens with zero attached hydrogens (tertiary/aromatic N) is 2. The number of carbonyl (C=O) groups is 1. The number of carbonyl (C=O) groups excluding carboxylic acids is 1. The maximum absolute atomic E-state index is 12.2. The number of anilines is 1. The summed E-state index contributed by atoms with van der Waals surface area (Å²) in [6, 6.07) is 3.82. The van der Waals surface area contributed by atoms with E-state index in [1.807, 2.05) is 31.1 Å². The van der Waals surface area contributed by atoms with Gasteiger partial charge >= 0.3 is 0 Å². The van der Waals surface area contributed by atoms with Crippen molar-refractivity contribution in [1.29, 1.82) is 0 Å². The number of ether oxygens (including phenoxy) is 1. The number of rotatable bonds is 4. The van der Waals surface area contributed by atoms with Gasteiger partial charge in [-0.2, -0.15) is 0 Å². The van der Waals surface area contributed by atoms with Gasteiger partial charge in [0.25, 0.3) is 0 Å². The molecule has 1 aliphatic rings. The van der Waals surface area contributed by atoms with E-state index in [1.165, 1.54) is 0 Å². The van der Waals surface area contributed by atoms with E-state index in [-0.39, 0.29) is 30.7 Å². The molecule has 0 unspecified atom stereocenters. The Hall–Kier alpha value is -1.08. The van der Waals surface area contributed by atoms with E-state index in [1.54, 1.807) is 6.20 Å². The number of hydrogen-bond donors (Lipinski definition) is 2. The maximum Gasteiger partial charge on any atom is 0.240 e. The molecule has 6 nitrogen and oxygen atoms in total. The zero-order chi connectivity index (χ0) is 14.6. The van der Waals surface area contributed by atoms with E-state index in [0.29, 0.717) is 32.6 Å². The van der Waals surface area contributed by atoms with E-state index in [0.717, 1.165) is 11.4 Å². The fourth-order valence-corrected chi connectivity index (χ4v) is 2.29. The molecule has 0 saturated carbocycles. The average molecular weight is 351 g/mol. The van der Waals surface area contributed by atoms with Crippen molar-refractivity contribution in [2.75, 3.05) is 32.2 Å². The molecular weight excluding hydrogens is 327 g/mol. The Morgan fingerprint density at radius 1 is 1.41 bits per heavy atom. The average Bonchev–Trinajstić information content (AvgIpc) is 2.45. The van der Waals surface area contributed by atoms with Crippen molar-refractivity contribution in [3.05, 3.63) is 23.9 Å². The lowest BCUT2D eigenvalue weighted by Crippen LogP contribution is -2.56. The Kier molecular flexibility index (Phi) is 8.70. The van der Waals surface area contributed by atoms with Gasteiger partial charge in [-0.3, -0.25) is 4.79 Å². The Balaban J connectivity index is 0.00000220. The van der Waals surface area contributed by atoms with Crippen LogP contribution in [0.4, 0.5) is 5.82 Å². The van der Waals surface area contributed by atoms with Gasteiger partial charge in [0.2, 0.25) is 5.91 Å². The number of nitrogens with two attached hydrogens (primary N) is 1. The van der Waals surface area contributed by atoms with E-state index in [9.17, 15) is 4.79 Å². The highest BCUT2D eigenvalue weighted by Gasteiger charge is 2.35. The molecule has 8 heteroatoms. The summed E-state index contributed by atoms with van der Waals surface area (Å²) in [4.78, 5) is 18.5. The zero-order valence-corrected chi connectivity index (χ0v) is 14.5. The molecule has 0 radical (unpaired) electrons. The fraction of sp³-hybridized carbons (Fsp3) is 0.571. The van der Waals surface area contributed by atoms with Crippen LogP contribution in [0.5, 0.6) is 0 Å². The Morgan fingerprint density at radius 2 is 2.05 bits per heavy atom. The van der Waals surface area contributed by atoms with Gasteiger partial charge in [0.1, 0.15) is 5.82 Å². The van der Waals surface area contributed by atoms with E-state index in [4.69, 9.17) is 10.5 Å². The summed E-state index contributed by atoms with van der Waals surface area (Å²) >= 11 is 0. The summed E-state index contributed by atoms with van der Waals surface area (Å²) in [6.07, 6.45) is 2.86. The van der Waals surface area contributed by atoms with Crippen LogP contribution in [0, 0.1) is 0 Å². The Bertz CT molecular complexity index is 480. The number of amides is 1. The predicted octanol–water partition coefficient (Wildman–Crippen LogP) is 1.12. The lowest BCUT2D eigenvalue weighted by Gasteiger charge is -2.31. The van der Waals surface area contributed by atoms with Crippen LogP contribution >= 0.6 is 24.8 Å². The first-order valence-corrected chi connectivity index (χ1v) is 6.79. The number of aromatic nitrogens is 1. The quantitative estimate of drug-likeness (QED) is 0.850. The molecule has 1 fully saturated rings. The Labute approximate surface area is 143 Å². The molecule has 0 aliphatic carbocycles. The molecule has 1 amide bonds. The molecule has 0 aromatic carbocycles. The molecule has 2 heterocycles. The molecule has 22 heavy (non-hydrogen) atoms. The van der Waals surface area contributed by atoms with Gasteiger partial charge < -0.3 is 20.7 Å². The van der Waals surface area contributed by atoms with Crippen LogP contribution in [0.25, 0.3) is 0 Å². The second-order valence-corrected chi connectivity index (χ2v) is 5.33. The number of hydrogen-bond acceptors (Lipinski definition) is 5. The highest BCUT2D eigenvalue weighted by molar-refractivity contribution is 5.86. The second kappa shape index (κ2) is 9.15. The fourth-order valence-electron chi connectivity index (χ4n) is 2.29. The molecule has 1 saturated heterocycles. The highest BCUT2D eigenvalue weighted by Crippen LogP contribution is 2.19. The molecule has 0 bridgehead atoms. The summed E-state index contributed by atoms with van der Waals surface area (Å²) in [6.45, 7) is 1.51. The number of halogens is 2. The monoisotopic (exact) mass is 350 g/mol. The van der Waals surface area contributed by atoms with E-state index in [2.05, 4.69) is 10.3 Å². The van der Waals surface area contributed by atoms with Gasteiger partial charge in [0.05, 0.1) is 5.54 Å². The van der Waals surface area contributed by atoms with Crippen molar-refractivity contribution in [2.45, 2.75) is 24.9 Å². The highest BCUT2D eigenvalue weighted by atomic mass is 35.5. The number of nitrogens with one attached hydrogen (secondary N) is 1. The topological polar surface area (TPSA) is 80.5 Å². The van der Waals surface area contributed by atoms with E-state index >= 15 is 0 Å². The summed E-state index contributed by atoms with van der Waals surface area (Å²) in [5, 5.41) is 2.92. The van der Waals surface area contributed by atoms with Gasteiger partial charge in [0, 0.05) is 45.6 Å². The minimum absolute atomic E-state index is 0. The molecule has 1 aromatic heterocycles. The van der Waals surface area contributed by atoms with Gasteiger partial charge in [0.15, 0.2) is 0 Å². The predicted molar refractivity (Wildman–Crippen MR) is 91.9 cm³/mol. The molecule has 3 N–H and O–H groups in total. The molecule has 0 atom stereocenters. The third-order valence-corrected chi connectivity index (χ3v) is 3.57. The van der Waals surface area contributed by atoms with Gasteiger partial charge in [-0.1, -0.05) is 6.07 Å². The zero-order valence-electron chi connectivity index (χ0n) is 12.9. The minimum Gasteiger partial charge on any atom is -0.381 e. The van der Waals surface area contributed by atoms with Crippen LogP contribution in [-0.2, 0) is 16.1 Å². The van der Waals surface area contributed by atoms with Crippen molar-refractivity contribution >= 4 is 36.5 Å². The smallest absolute Gasteiger partial charge is 0.240 e. The molecule has 2 rings (SSSR count). The first kappa shape index (κ1) is 20.9. The van der Waals surface area contributed by atoms with Gasteiger partial charge in [-0.05, 0) is 18.9 Å². The molecule has 126 valence electrons. The van der Waals surface area contributed by atoms with Crippen molar-refractivity contribution < 1.29 is 9.53 Å². The van der Waals surface area contributed by atoms with Crippen LogP contribution < -0.4 is 16.0 Å². The van der Waals surface area contributed by atoms with E-state index < -0.39 is 5.54 Å². The second-order valence-electron chi connectivity index (χ2n) is 5.33. The normalized spacial score (nSPS) is 16.0. The molecule has 1 aliphatic heterocycles. The van der Waals surface area contributed by atoms with Crippen LogP contribution in [0.3, 0.4) is 0 Å². The lowest BCUT2D eigenvalue weighted by atomic mass is 9.90. The SMILES string of the molecule is CN(C)c1ncccc1CNC(=O)C1(N)CCOCC1.Cl.Cl. The van der Waals surface area contributed by atoms with Crippen LogP contribution in [0.15, 0.2) is 18.3 Å². The van der Waals surface area contributed by atoms with Gasteiger partial charge in [-0.15, -0.1) is 24.8 Å². The molecule has 0 spiro atoms.